The van der Waals surface area contributed by atoms with E-state index in [1.165, 1.54) is 24.3 Å². The average molecular weight is 283 g/mol. The number of alkyl halides is 2. The highest BCUT2D eigenvalue weighted by molar-refractivity contribution is 5.94. The molecule has 0 spiro atoms. The third-order valence-electron chi connectivity index (χ3n) is 2.44. The number of carbonyl (C=O) groups is 1. The molecule has 0 bridgehead atoms. The van der Waals surface area contributed by atoms with E-state index in [0.717, 1.165) is 0 Å². The van der Waals surface area contributed by atoms with Crippen LogP contribution in [-0.2, 0) is 0 Å². The van der Waals surface area contributed by atoms with Crippen molar-refractivity contribution in [2.24, 2.45) is 0 Å². The Labute approximate surface area is 112 Å². The van der Waals surface area contributed by atoms with Crippen LogP contribution in [0.15, 0.2) is 24.3 Å². The first kappa shape index (κ1) is 13.8. The number of hydrogen-bond acceptors (Lipinski definition) is 5. The van der Waals surface area contributed by atoms with E-state index in [4.69, 9.17) is 0 Å². The maximum Gasteiger partial charge on any atom is 0.387 e. The predicted molar refractivity (Wildman–Crippen MR) is 63.1 cm³/mol. The predicted octanol–water partition coefficient (Wildman–Crippen LogP) is 1.29. The fraction of sp³-hybridized carbons (Fsp3) is 0.273. The first-order valence-corrected chi connectivity index (χ1v) is 5.65. The number of hydrogen-bond donors (Lipinski definition) is 2. The van der Waals surface area contributed by atoms with E-state index < -0.39 is 12.7 Å². The normalized spacial score (nSPS) is 12.2. The Morgan fingerprint density at radius 2 is 2.05 bits per heavy atom. The van der Waals surface area contributed by atoms with E-state index in [2.05, 4.69) is 30.7 Å². The van der Waals surface area contributed by atoms with E-state index in [0.29, 0.717) is 11.4 Å². The van der Waals surface area contributed by atoms with Gasteiger partial charge >= 0.3 is 6.61 Å². The van der Waals surface area contributed by atoms with Crippen molar-refractivity contribution in [2.75, 3.05) is 0 Å². The zero-order valence-electron chi connectivity index (χ0n) is 10.4. The summed E-state index contributed by atoms with van der Waals surface area (Å²) >= 11 is 0. The van der Waals surface area contributed by atoms with Crippen LogP contribution < -0.4 is 10.1 Å². The molecular formula is C11H11F2N5O2. The van der Waals surface area contributed by atoms with E-state index in [1.807, 2.05) is 0 Å². The highest BCUT2D eigenvalue weighted by Gasteiger charge is 2.15. The van der Waals surface area contributed by atoms with Gasteiger partial charge < -0.3 is 10.1 Å². The smallest absolute Gasteiger partial charge is 0.387 e. The molecule has 7 nitrogen and oxygen atoms in total. The number of nitrogens with one attached hydrogen (secondary N) is 2. The Morgan fingerprint density at radius 3 is 2.60 bits per heavy atom. The molecular weight excluding hydrogens is 272 g/mol. The van der Waals surface area contributed by atoms with Gasteiger partial charge in [-0.05, 0) is 31.2 Å². The molecule has 0 fully saturated rings. The molecule has 0 aliphatic heterocycles. The highest BCUT2D eigenvalue weighted by atomic mass is 19.3. The maximum atomic E-state index is 12.0. The summed E-state index contributed by atoms with van der Waals surface area (Å²) in [6.45, 7) is -1.20. The van der Waals surface area contributed by atoms with Crippen molar-refractivity contribution in [3.8, 4) is 5.75 Å². The van der Waals surface area contributed by atoms with Crippen LogP contribution in [0.4, 0.5) is 8.78 Å². The Balaban J connectivity index is 1.99. The molecule has 0 saturated carbocycles. The number of nitrogens with zero attached hydrogens (tertiary/aromatic N) is 3. The highest BCUT2D eigenvalue weighted by Crippen LogP contribution is 2.15. The third-order valence-corrected chi connectivity index (χ3v) is 2.44. The van der Waals surface area contributed by atoms with Crippen LogP contribution in [0, 0.1) is 0 Å². The number of aromatic amines is 1. The number of H-pyrrole nitrogens is 1. The molecule has 1 aromatic heterocycles. The summed E-state index contributed by atoms with van der Waals surface area (Å²) < 4.78 is 28.2. The summed E-state index contributed by atoms with van der Waals surface area (Å²) in [6, 6.07) is 4.92. The van der Waals surface area contributed by atoms with Crippen molar-refractivity contribution < 1.29 is 18.3 Å². The van der Waals surface area contributed by atoms with Crippen LogP contribution in [0.5, 0.6) is 5.75 Å². The first-order valence-electron chi connectivity index (χ1n) is 5.65. The molecule has 106 valence electrons. The van der Waals surface area contributed by atoms with Crippen LogP contribution in [0.25, 0.3) is 0 Å². The van der Waals surface area contributed by atoms with Crippen LogP contribution in [-0.4, -0.2) is 33.1 Å². The number of benzene rings is 1. The topological polar surface area (TPSA) is 92.8 Å². The standard InChI is InChI=1S/C11H11F2N5O2/c1-6(9-15-17-18-16-9)14-10(19)7-2-4-8(5-3-7)20-11(12)13/h2-6,11H,1H3,(H,14,19)(H,15,16,17,18). The Bertz CT molecular complexity index is 559. The number of halogens is 2. The monoisotopic (exact) mass is 283 g/mol. The lowest BCUT2D eigenvalue weighted by molar-refractivity contribution is -0.0498. The molecule has 1 unspecified atom stereocenters. The van der Waals surface area contributed by atoms with Crippen LogP contribution in [0.1, 0.15) is 29.1 Å². The molecule has 0 saturated heterocycles. The van der Waals surface area contributed by atoms with Gasteiger partial charge in [0.05, 0.1) is 6.04 Å². The van der Waals surface area contributed by atoms with Crippen LogP contribution in [0.3, 0.4) is 0 Å². The fourth-order valence-electron chi connectivity index (χ4n) is 1.49. The van der Waals surface area contributed by atoms with Gasteiger partial charge in [0.1, 0.15) is 5.75 Å². The molecule has 2 rings (SSSR count). The van der Waals surface area contributed by atoms with Gasteiger partial charge in [-0.1, -0.05) is 5.21 Å². The minimum absolute atomic E-state index is 0.0113. The first-order chi connectivity index (χ1) is 9.56. The third kappa shape index (κ3) is 3.46. The summed E-state index contributed by atoms with van der Waals surface area (Å²) in [5.41, 5.74) is 0.307. The fourth-order valence-corrected chi connectivity index (χ4v) is 1.49. The van der Waals surface area contributed by atoms with Gasteiger partial charge in [0.15, 0.2) is 5.82 Å². The van der Waals surface area contributed by atoms with Crippen molar-refractivity contribution in [1.29, 1.82) is 0 Å². The van der Waals surface area contributed by atoms with Gasteiger partial charge in [-0.15, -0.1) is 10.2 Å². The number of aromatic nitrogens is 4. The second kappa shape index (κ2) is 6.04. The van der Waals surface area contributed by atoms with Gasteiger partial charge in [0.2, 0.25) is 0 Å². The Morgan fingerprint density at radius 1 is 1.35 bits per heavy atom. The molecule has 20 heavy (non-hydrogen) atoms. The zero-order valence-corrected chi connectivity index (χ0v) is 10.4. The molecule has 0 radical (unpaired) electrons. The number of rotatable bonds is 5. The SMILES string of the molecule is CC(NC(=O)c1ccc(OC(F)F)cc1)c1nn[nH]n1. The summed E-state index contributed by atoms with van der Waals surface area (Å²) in [5, 5.41) is 15.8. The van der Waals surface area contributed by atoms with Gasteiger partial charge in [-0.3, -0.25) is 4.79 Å². The molecule has 9 heteroatoms. The maximum absolute atomic E-state index is 12.0. The molecule has 2 N–H and O–H groups in total. The summed E-state index contributed by atoms with van der Waals surface area (Å²) in [5.74, 6) is -0.0512. The number of carbonyl (C=O) groups excluding carboxylic acids is 1. The van der Waals surface area contributed by atoms with Gasteiger partial charge in [-0.2, -0.15) is 14.0 Å². The van der Waals surface area contributed by atoms with Crippen molar-refractivity contribution in [2.45, 2.75) is 19.6 Å². The second-order valence-electron chi connectivity index (χ2n) is 3.87. The van der Waals surface area contributed by atoms with Crippen LogP contribution >= 0.6 is 0 Å². The molecule has 2 aromatic rings. The number of amides is 1. The zero-order chi connectivity index (χ0) is 14.5. The summed E-state index contributed by atoms with van der Waals surface area (Å²) in [4.78, 5) is 11.9. The van der Waals surface area contributed by atoms with Crippen molar-refractivity contribution in [3.63, 3.8) is 0 Å². The van der Waals surface area contributed by atoms with E-state index >= 15 is 0 Å². The minimum atomic E-state index is -2.90. The Kier molecular flexibility index (Phi) is 4.18. The molecule has 1 atom stereocenters. The molecule has 1 amide bonds. The van der Waals surface area contributed by atoms with Crippen molar-refractivity contribution in [1.82, 2.24) is 25.9 Å². The second-order valence-corrected chi connectivity index (χ2v) is 3.87. The number of tetrazole rings is 1. The van der Waals surface area contributed by atoms with E-state index in [-0.39, 0.29) is 11.7 Å². The van der Waals surface area contributed by atoms with Crippen molar-refractivity contribution >= 4 is 5.91 Å². The molecule has 0 aliphatic rings. The lowest BCUT2D eigenvalue weighted by atomic mass is 10.2. The van der Waals surface area contributed by atoms with Gasteiger partial charge in [-0.25, -0.2) is 0 Å². The lowest BCUT2D eigenvalue weighted by Gasteiger charge is -2.10. The number of ether oxygens (including phenoxy) is 1. The van der Waals surface area contributed by atoms with Gasteiger partial charge in [0, 0.05) is 5.56 Å². The lowest BCUT2D eigenvalue weighted by Crippen LogP contribution is -2.27. The van der Waals surface area contributed by atoms with E-state index in [1.54, 1.807) is 6.92 Å². The van der Waals surface area contributed by atoms with Gasteiger partial charge in [0.25, 0.3) is 5.91 Å². The molecule has 1 heterocycles. The van der Waals surface area contributed by atoms with Crippen molar-refractivity contribution in [3.05, 3.63) is 35.7 Å². The quantitative estimate of drug-likeness (QED) is 0.862. The largest absolute Gasteiger partial charge is 0.435 e. The summed E-state index contributed by atoms with van der Waals surface area (Å²) in [6.07, 6.45) is 0. The minimum Gasteiger partial charge on any atom is -0.435 e. The average Bonchev–Trinajstić information content (AvgIpc) is 2.92. The molecule has 0 aliphatic carbocycles. The van der Waals surface area contributed by atoms with Crippen LogP contribution in [0.2, 0.25) is 0 Å². The Hall–Kier alpha value is -2.58. The molecule has 1 aromatic carbocycles. The summed E-state index contributed by atoms with van der Waals surface area (Å²) in [7, 11) is 0. The van der Waals surface area contributed by atoms with E-state index in [9.17, 15) is 13.6 Å².